The lowest BCUT2D eigenvalue weighted by Gasteiger charge is -2.08. The van der Waals surface area contributed by atoms with Gasteiger partial charge in [0, 0.05) is 5.56 Å². The predicted octanol–water partition coefficient (Wildman–Crippen LogP) is 4.77. The number of ketones is 1. The minimum atomic E-state index is -0.821. The predicted molar refractivity (Wildman–Crippen MR) is 85.4 cm³/mol. The summed E-state index contributed by atoms with van der Waals surface area (Å²) in [5.74, 6) is -0.345. The zero-order valence-electron chi connectivity index (χ0n) is 10.4. The maximum absolute atomic E-state index is 12.5. The van der Waals surface area contributed by atoms with E-state index in [1.165, 1.54) is 11.3 Å². The summed E-state index contributed by atoms with van der Waals surface area (Å²) < 4.78 is 6.64. The second-order valence-electron chi connectivity index (χ2n) is 3.94. The topological polar surface area (TPSA) is 50.1 Å². The molecule has 1 heterocycles. The number of benzene rings is 1. The summed E-state index contributed by atoms with van der Waals surface area (Å²) >= 11 is 8.09. The molecule has 0 bridgehead atoms. The van der Waals surface area contributed by atoms with Gasteiger partial charge >= 0.3 is 0 Å². The van der Waals surface area contributed by atoms with E-state index in [0.717, 1.165) is 7.57 Å². The van der Waals surface area contributed by atoms with E-state index in [9.17, 15) is 10.1 Å². The van der Waals surface area contributed by atoms with Crippen LogP contribution in [-0.2, 0) is 0 Å². The molecule has 6 heteroatoms. The van der Waals surface area contributed by atoms with Crippen molar-refractivity contribution in [2.45, 2.75) is 5.92 Å². The van der Waals surface area contributed by atoms with Crippen LogP contribution in [0.15, 0.2) is 37.9 Å². The largest absolute Gasteiger partial charge is 0.497 e. The highest BCUT2D eigenvalue weighted by atomic mass is 79.9. The number of thiophene rings is 1. The van der Waals surface area contributed by atoms with Crippen molar-refractivity contribution in [2.75, 3.05) is 7.11 Å². The van der Waals surface area contributed by atoms with Crippen LogP contribution in [0.2, 0.25) is 0 Å². The summed E-state index contributed by atoms with van der Waals surface area (Å²) in [5, 5.41) is 9.31. The van der Waals surface area contributed by atoms with Crippen LogP contribution in [0, 0.1) is 11.3 Å². The van der Waals surface area contributed by atoms with Crippen LogP contribution in [0.3, 0.4) is 0 Å². The van der Waals surface area contributed by atoms with Crippen molar-refractivity contribution in [2.24, 2.45) is 0 Å². The Morgan fingerprint density at radius 3 is 2.45 bits per heavy atom. The number of carbonyl (C=O) groups is 1. The first-order valence-corrected chi connectivity index (χ1v) is 7.99. The average Bonchev–Trinajstić information content (AvgIpc) is 2.79. The minimum absolute atomic E-state index is 0.216. The van der Waals surface area contributed by atoms with Crippen LogP contribution >= 0.6 is 43.2 Å². The highest BCUT2D eigenvalue weighted by molar-refractivity contribution is 9.12. The van der Waals surface area contributed by atoms with E-state index >= 15 is 0 Å². The number of hydrogen-bond donors (Lipinski definition) is 0. The molecule has 1 unspecified atom stereocenters. The molecule has 1 aromatic carbocycles. The highest BCUT2D eigenvalue weighted by Gasteiger charge is 2.25. The Morgan fingerprint density at radius 1 is 1.35 bits per heavy atom. The lowest BCUT2D eigenvalue weighted by molar-refractivity contribution is 0.0978. The fraction of sp³-hybridized carbons (Fsp3) is 0.143. The zero-order chi connectivity index (χ0) is 14.7. The zero-order valence-corrected chi connectivity index (χ0v) is 14.4. The number of methoxy groups -OCH3 is 1. The third-order valence-electron chi connectivity index (χ3n) is 2.76. The molecule has 102 valence electrons. The summed E-state index contributed by atoms with van der Waals surface area (Å²) in [6.45, 7) is 0. The number of hydrogen-bond acceptors (Lipinski definition) is 4. The molecule has 0 N–H and O–H groups in total. The summed E-state index contributed by atoms with van der Waals surface area (Å²) in [7, 11) is 1.57. The Balaban J connectivity index is 2.34. The molecule has 1 aromatic heterocycles. The van der Waals surface area contributed by atoms with E-state index in [-0.39, 0.29) is 5.78 Å². The lowest BCUT2D eigenvalue weighted by atomic mass is 9.93. The highest BCUT2D eigenvalue weighted by Crippen LogP contribution is 2.35. The number of rotatable bonds is 4. The molecule has 1 atom stereocenters. The van der Waals surface area contributed by atoms with Gasteiger partial charge in [-0.3, -0.25) is 4.79 Å². The Hall–Kier alpha value is -1.16. The summed E-state index contributed by atoms with van der Waals surface area (Å²) in [5.41, 5.74) is 1.18. The Kier molecular flexibility index (Phi) is 4.97. The SMILES string of the molecule is COc1ccc(C(C#N)C(=O)c2cc(Br)sc2Br)cc1. The molecule has 0 saturated heterocycles. The normalized spacial score (nSPS) is 11.7. The summed E-state index contributed by atoms with van der Waals surface area (Å²) in [6.07, 6.45) is 0. The number of nitriles is 1. The Labute approximate surface area is 137 Å². The molecule has 0 aliphatic heterocycles. The van der Waals surface area contributed by atoms with Crippen molar-refractivity contribution in [1.82, 2.24) is 0 Å². The van der Waals surface area contributed by atoms with Gasteiger partial charge in [0.2, 0.25) is 0 Å². The van der Waals surface area contributed by atoms with E-state index in [2.05, 4.69) is 37.9 Å². The van der Waals surface area contributed by atoms with Crippen LogP contribution in [-0.4, -0.2) is 12.9 Å². The van der Waals surface area contributed by atoms with Gasteiger partial charge in [-0.2, -0.15) is 5.26 Å². The number of carbonyl (C=O) groups excluding carboxylic acids is 1. The molecular weight excluding hydrogens is 406 g/mol. The van der Waals surface area contributed by atoms with Gasteiger partial charge < -0.3 is 4.74 Å². The van der Waals surface area contributed by atoms with Crippen LogP contribution in [0.5, 0.6) is 5.75 Å². The van der Waals surface area contributed by atoms with Crippen LogP contribution in [0.1, 0.15) is 21.8 Å². The molecule has 0 aliphatic carbocycles. The quantitative estimate of drug-likeness (QED) is 0.677. The maximum Gasteiger partial charge on any atom is 0.186 e. The van der Waals surface area contributed by atoms with Crippen molar-refractivity contribution in [3.8, 4) is 11.8 Å². The van der Waals surface area contributed by atoms with Gasteiger partial charge in [0.15, 0.2) is 5.78 Å². The van der Waals surface area contributed by atoms with Gasteiger partial charge in [-0.15, -0.1) is 11.3 Å². The van der Waals surface area contributed by atoms with Gasteiger partial charge in [-0.1, -0.05) is 12.1 Å². The van der Waals surface area contributed by atoms with Crippen molar-refractivity contribution in [3.05, 3.63) is 49.0 Å². The van der Waals surface area contributed by atoms with Crippen molar-refractivity contribution in [3.63, 3.8) is 0 Å². The average molecular weight is 415 g/mol. The van der Waals surface area contributed by atoms with Crippen LogP contribution < -0.4 is 4.74 Å². The number of Topliss-reactive ketones (excluding diaryl/α,β-unsaturated/α-hetero) is 1. The van der Waals surface area contributed by atoms with Gasteiger partial charge in [0.25, 0.3) is 0 Å². The first-order valence-electron chi connectivity index (χ1n) is 5.59. The van der Waals surface area contributed by atoms with Gasteiger partial charge in [0.1, 0.15) is 11.7 Å². The van der Waals surface area contributed by atoms with Crippen molar-refractivity contribution < 1.29 is 9.53 Å². The second-order valence-corrected chi connectivity index (χ2v) is 7.69. The number of ether oxygens (including phenoxy) is 1. The van der Waals surface area contributed by atoms with Crippen LogP contribution in [0.4, 0.5) is 0 Å². The van der Waals surface area contributed by atoms with Gasteiger partial charge in [-0.25, -0.2) is 0 Å². The standard InChI is InChI=1S/C14H9Br2NO2S/c1-19-9-4-2-8(3-5-9)11(7-17)13(18)10-6-12(15)20-14(10)16/h2-6,11H,1H3. The minimum Gasteiger partial charge on any atom is -0.497 e. The van der Waals surface area contributed by atoms with Crippen LogP contribution in [0.25, 0.3) is 0 Å². The molecular formula is C14H9Br2NO2S. The summed E-state index contributed by atoms with van der Waals surface area (Å²) in [6, 6.07) is 10.8. The summed E-state index contributed by atoms with van der Waals surface area (Å²) in [4.78, 5) is 12.5. The molecule has 0 saturated carbocycles. The molecule has 2 rings (SSSR count). The lowest BCUT2D eigenvalue weighted by Crippen LogP contribution is -2.10. The number of halogens is 2. The van der Waals surface area contributed by atoms with E-state index in [0.29, 0.717) is 16.9 Å². The first-order chi connectivity index (χ1) is 9.56. The van der Waals surface area contributed by atoms with Crippen molar-refractivity contribution >= 4 is 49.0 Å². The molecule has 0 spiro atoms. The third-order valence-corrected chi connectivity index (χ3v) is 5.10. The third kappa shape index (κ3) is 3.11. The fourth-order valence-corrected chi connectivity index (χ4v) is 4.56. The molecule has 20 heavy (non-hydrogen) atoms. The molecule has 0 amide bonds. The molecule has 2 aromatic rings. The first kappa shape index (κ1) is 15.2. The molecule has 0 aliphatic rings. The van der Waals surface area contributed by atoms with E-state index in [1.54, 1.807) is 37.4 Å². The molecule has 3 nitrogen and oxygen atoms in total. The Morgan fingerprint density at radius 2 is 2.00 bits per heavy atom. The van der Waals surface area contributed by atoms with E-state index in [4.69, 9.17) is 4.74 Å². The fourth-order valence-electron chi connectivity index (χ4n) is 1.74. The Bertz CT molecular complexity index is 673. The number of nitrogens with zero attached hydrogens (tertiary/aromatic N) is 1. The maximum atomic E-state index is 12.5. The smallest absolute Gasteiger partial charge is 0.186 e. The monoisotopic (exact) mass is 413 g/mol. The van der Waals surface area contributed by atoms with Crippen molar-refractivity contribution in [1.29, 1.82) is 5.26 Å². The van der Waals surface area contributed by atoms with Gasteiger partial charge in [0.05, 0.1) is 20.8 Å². The van der Waals surface area contributed by atoms with E-state index in [1.807, 2.05) is 0 Å². The molecule has 0 radical (unpaired) electrons. The molecule has 0 fully saturated rings. The van der Waals surface area contributed by atoms with E-state index < -0.39 is 5.92 Å². The second kappa shape index (κ2) is 6.53. The van der Waals surface area contributed by atoms with Gasteiger partial charge in [-0.05, 0) is 55.6 Å².